The van der Waals surface area contributed by atoms with Gasteiger partial charge in [0.2, 0.25) is 10.0 Å². The third kappa shape index (κ3) is 2.32. The van der Waals surface area contributed by atoms with Crippen LogP contribution in [0, 0.1) is 23.7 Å². The van der Waals surface area contributed by atoms with Crippen molar-refractivity contribution >= 4 is 10.0 Å². The van der Waals surface area contributed by atoms with E-state index in [0.717, 1.165) is 31.2 Å². The Morgan fingerprint density at radius 1 is 1.11 bits per heavy atom. The number of hydrogen-bond acceptors (Lipinski definition) is 3. The Morgan fingerprint density at radius 2 is 1.78 bits per heavy atom. The molecule has 0 aromatic rings. The van der Waals surface area contributed by atoms with Crippen LogP contribution in [-0.4, -0.2) is 33.8 Å². The number of hydrogen-bond donors (Lipinski definition) is 2. The zero-order valence-electron chi connectivity index (χ0n) is 11.1. The smallest absolute Gasteiger partial charge is 0.211 e. The highest BCUT2D eigenvalue weighted by atomic mass is 32.2. The van der Waals surface area contributed by atoms with Gasteiger partial charge in [-0.05, 0) is 69.4 Å². The van der Waals surface area contributed by atoms with Crippen molar-refractivity contribution in [2.45, 2.75) is 38.1 Å². The molecule has 3 aliphatic rings. The van der Waals surface area contributed by atoms with E-state index in [4.69, 9.17) is 0 Å². The minimum Gasteiger partial charge on any atom is -0.320 e. The van der Waals surface area contributed by atoms with E-state index in [1.54, 1.807) is 0 Å². The van der Waals surface area contributed by atoms with Gasteiger partial charge in [0, 0.05) is 6.04 Å². The summed E-state index contributed by atoms with van der Waals surface area (Å²) in [6.45, 7) is 0.897. The summed E-state index contributed by atoms with van der Waals surface area (Å²) in [6, 6.07) is 0.297. The molecule has 0 aromatic heterocycles. The largest absolute Gasteiger partial charge is 0.320 e. The van der Waals surface area contributed by atoms with Gasteiger partial charge in [-0.3, -0.25) is 0 Å². The molecule has 0 amide bonds. The first-order valence-corrected chi connectivity index (χ1v) is 8.92. The summed E-state index contributed by atoms with van der Waals surface area (Å²) in [5.74, 6) is 3.33. The van der Waals surface area contributed by atoms with Gasteiger partial charge in [0.15, 0.2) is 0 Å². The molecule has 0 radical (unpaired) electrons. The number of fused-ring (bicyclic) bond motifs is 5. The van der Waals surface area contributed by atoms with Crippen LogP contribution >= 0.6 is 0 Å². The molecule has 104 valence electrons. The second kappa shape index (κ2) is 4.76. The van der Waals surface area contributed by atoms with E-state index in [1.165, 1.54) is 19.3 Å². The topological polar surface area (TPSA) is 58.2 Å². The predicted molar refractivity (Wildman–Crippen MR) is 71.7 cm³/mol. The van der Waals surface area contributed by atoms with Crippen LogP contribution in [0.3, 0.4) is 0 Å². The SMILES string of the molecule is CNCCCCS(=O)(=O)NC1C2C3CCC(C3)C12. The van der Waals surface area contributed by atoms with Gasteiger partial charge in [0.05, 0.1) is 5.75 Å². The molecule has 0 aliphatic heterocycles. The van der Waals surface area contributed by atoms with E-state index in [1.807, 2.05) is 7.05 Å². The van der Waals surface area contributed by atoms with E-state index >= 15 is 0 Å². The molecule has 0 spiro atoms. The Bertz CT molecular complexity index is 393. The predicted octanol–water partition coefficient (Wildman–Crippen LogP) is 0.950. The van der Waals surface area contributed by atoms with Crippen LogP contribution in [0.4, 0.5) is 0 Å². The number of rotatable bonds is 7. The Balaban J connectivity index is 1.46. The first kappa shape index (κ1) is 12.9. The standard InChI is InChI=1S/C13H24N2O2S/c1-14-6-2-3-7-18(16,17)15-13-11-9-4-5-10(8-9)12(11)13/h9-15H,2-8H2,1H3. The third-order valence-electron chi connectivity index (χ3n) is 5.14. The lowest BCUT2D eigenvalue weighted by Gasteiger charge is -2.11. The Morgan fingerprint density at radius 3 is 2.39 bits per heavy atom. The normalized spacial score (nSPS) is 41.1. The molecule has 4 nitrogen and oxygen atoms in total. The minimum absolute atomic E-state index is 0.292. The monoisotopic (exact) mass is 272 g/mol. The zero-order chi connectivity index (χ0) is 12.8. The molecule has 3 aliphatic carbocycles. The molecule has 3 saturated carbocycles. The van der Waals surface area contributed by atoms with Crippen LogP contribution < -0.4 is 10.0 Å². The van der Waals surface area contributed by atoms with Gasteiger partial charge in [-0.25, -0.2) is 13.1 Å². The van der Waals surface area contributed by atoms with Crippen molar-refractivity contribution in [3.8, 4) is 0 Å². The molecule has 2 bridgehead atoms. The first-order chi connectivity index (χ1) is 8.62. The van der Waals surface area contributed by atoms with Gasteiger partial charge in [0.1, 0.15) is 0 Å². The third-order valence-corrected chi connectivity index (χ3v) is 6.60. The average molecular weight is 272 g/mol. The Labute approximate surface area is 110 Å². The van der Waals surface area contributed by atoms with Gasteiger partial charge in [0.25, 0.3) is 0 Å². The Kier molecular flexibility index (Phi) is 3.41. The molecule has 0 aromatic carbocycles. The molecular weight excluding hydrogens is 248 g/mol. The second-order valence-electron chi connectivity index (χ2n) is 6.26. The lowest BCUT2D eigenvalue weighted by Crippen LogP contribution is -2.32. The van der Waals surface area contributed by atoms with E-state index in [-0.39, 0.29) is 0 Å². The van der Waals surface area contributed by atoms with Crippen LogP contribution in [0.1, 0.15) is 32.1 Å². The van der Waals surface area contributed by atoms with E-state index < -0.39 is 10.0 Å². The summed E-state index contributed by atoms with van der Waals surface area (Å²) in [4.78, 5) is 0. The lowest BCUT2D eigenvalue weighted by molar-refractivity contribution is 0.456. The van der Waals surface area contributed by atoms with E-state index in [9.17, 15) is 8.42 Å². The first-order valence-electron chi connectivity index (χ1n) is 7.27. The zero-order valence-corrected chi connectivity index (χ0v) is 11.9. The van der Waals surface area contributed by atoms with Crippen LogP contribution in [0.25, 0.3) is 0 Å². The molecule has 2 N–H and O–H groups in total. The van der Waals surface area contributed by atoms with Crippen LogP contribution in [0.15, 0.2) is 0 Å². The Hall–Kier alpha value is -0.130. The number of unbranched alkanes of at least 4 members (excludes halogenated alkanes) is 1. The average Bonchev–Trinajstić information content (AvgIpc) is 2.75. The van der Waals surface area contributed by atoms with Crippen molar-refractivity contribution in [2.75, 3.05) is 19.3 Å². The summed E-state index contributed by atoms with van der Waals surface area (Å²) in [5, 5.41) is 3.04. The van der Waals surface area contributed by atoms with Crippen molar-refractivity contribution in [1.82, 2.24) is 10.0 Å². The van der Waals surface area contributed by atoms with Crippen molar-refractivity contribution < 1.29 is 8.42 Å². The van der Waals surface area contributed by atoms with Gasteiger partial charge >= 0.3 is 0 Å². The quantitative estimate of drug-likeness (QED) is 0.678. The molecule has 3 fully saturated rings. The fourth-order valence-electron chi connectivity index (χ4n) is 4.34. The van der Waals surface area contributed by atoms with Crippen molar-refractivity contribution in [1.29, 1.82) is 0 Å². The van der Waals surface area contributed by atoms with E-state index in [2.05, 4.69) is 10.0 Å². The van der Waals surface area contributed by atoms with Gasteiger partial charge in [-0.15, -0.1) is 0 Å². The summed E-state index contributed by atoms with van der Waals surface area (Å²) in [5.41, 5.74) is 0. The fourth-order valence-corrected chi connectivity index (χ4v) is 5.77. The van der Waals surface area contributed by atoms with E-state index in [0.29, 0.717) is 23.6 Å². The number of nitrogens with one attached hydrogen (secondary N) is 2. The molecule has 4 atom stereocenters. The van der Waals surface area contributed by atoms with Crippen molar-refractivity contribution in [3.63, 3.8) is 0 Å². The molecule has 0 saturated heterocycles. The van der Waals surface area contributed by atoms with Gasteiger partial charge in [-0.2, -0.15) is 0 Å². The molecule has 5 heteroatoms. The van der Waals surface area contributed by atoms with Crippen molar-refractivity contribution in [2.24, 2.45) is 23.7 Å². The summed E-state index contributed by atoms with van der Waals surface area (Å²) in [6.07, 6.45) is 5.74. The molecule has 18 heavy (non-hydrogen) atoms. The fraction of sp³-hybridized carbons (Fsp3) is 1.00. The van der Waals surface area contributed by atoms with Gasteiger partial charge < -0.3 is 5.32 Å². The van der Waals surface area contributed by atoms with Crippen molar-refractivity contribution in [3.05, 3.63) is 0 Å². The highest BCUT2D eigenvalue weighted by Crippen LogP contribution is 2.65. The highest BCUT2D eigenvalue weighted by Gasteiger charge is 2.65. The highest BCUT2D eigenvalue weighted by molar-refractivity contribution is 7.89. The molecular formula is C13H24N2O2S. The minimum atomic E-state index is -3.04. The summed E-state index contributed by atoms with van der Waals surface area (Å²) >= 11 is 0. The molecule has 3 rings (SSSR count). The maximum atomic E-state index is 12.0. The summed E-state index contributed by atoms with van der Waals surface area (Å²) < 4.78 is 26.9. The van der Waals surface area contributed by atoms with Crippen LogP contribution in [0.5, 0.6) is 0 Å². The molecule has 4 unspecified atom stereocenters. The van der Waals surface area contributed by atoms with Gasteiger partial charge in [-0.1, -0.05) is 0 Å². The molecule has 0 heterocycles. The summed E-state index contributed by atoms with van der Waals surface area (Å²) in [7, 11) is -1.14. The van der Waals surface area contributed by atoms with Crippen LogP contribution in [0.2, 0.25) is 0 Å². The van der Waals surface area contributed by atoms with Crippen LogP contribution in [-0.2, 0) is 10.0 Å². The number of sulfonamides is 1. The maximum absolute atomic E-state index is 12.0. The lowest BCUT2D eigenvalue weighted by atomic mass is 10.0. The maximum Gasteiger partial charge on any atom is 0.211 e. The second-order valence-corrected chi connectivity index (χ2v) is 8.13.